The average Bonchev–Trinajstić information content (AvgIpc) is 3.33. The molecule has 242 valence electrons. The lowest BCUT2D eigenvalue weighted by atomic mass is 10.0. The third kappa shape index (κ3) is 8.29. The zero-order valence-electron chi connectivity index (χ0n) is 25.9. The summed E-state index contributed by atoms with van der Waals surface area (Å²) in [5.74, 6) is -2.51. The molecule has 0 saturated carbocycles. The number of halogens is 3. The molecule has 13 heteroatoms. The number of ketones is 1. The van der Waals surface area contributed by atoms with Gasteiger partial charge in [0.1, 0.15) is 23.3 Å². The molecule has 1 atom stereocenters. The normalized spacial score (nSPS) is 12.0. The van der Waals surface area contributed by atoms with Crippen LogP contribution in [0.4, 0.5) is 18.0 Å². The molecule has 0 aliphatic carbocycles. The number of ether oxygens (including phenoxy) is 1. The molecule has 4 aromatic rings. The molecule has 2 amide bonds. The molecule has 2 heterocycles. The smallest absolute Gasteiger partial charge is 0.409 e. The highest BCUT2D eigenvalue weighted by molar-refractivity contribution is 5.88. The Balaban J connectivity index is 1.60. The fourth-order valence-corrected chi connectivity index (χ4v) is 4.66. The molecule has 0 unspecified atom stereocenters. The predicted molar refractivity (Wildman–Crippen MR) is 165 cm³/mol. The average molecular weight is 638 g/mol. The maximum absolute atomic E-state index is 14.6. The van der Waals surface area contributed by atoms with Crippen molar-refractivity contribution in [1.82, 2.24) is 23.9 Å². The lowest BCUT2D eigenvalue weighted by molar-refractivity contribution is -0.127. The Morgan fingerprint density at radius 2 is 1.65 bits per heavy atom. The minimum atomic E-state index is -1.17. The van der Waals surface area contributed by atoms with Gasteiger partial charge in [0.2, 0.25) is 5.91 Å². The Hall–Kier alpha value is -5.20. The van der Waals surface area contributed by atoms with Crippen LogP contribution in [0.25, 0.3) is 11.0 Å². The van der Waals surface area contributed by atoms with Gasteiger partial charge in [-0.25, -0.2) is 22.9 Å². The third-order valence-electron chi connectivity index (χ3n) is 7.17. The van der Waals surface area contributed by atoms with Gasteiger partial charge in [0.15, 0.2) is 11.9 Å². The van der Waals surface area contributed by atoms with Crippen LogP contribution in [0.1, 0.15) is 29.8 Å². The van der Waals surface area contributed by atoms with Crippen molar-refractivity contribution >= 4 is 28.8 Å². The van der Waals surface area contributed by atoms with Crippen molar-refractivity contribution in [2.45, 2.75) is 38.5 Å². The molecular weight excluding hydrogens is 603 g/mol. The molecule has 2 aromatic heterocycles. The van der Waals surface area contributed by atoms with Crippen molar-refractivity contribution in [2.24, 2.45) is 0 Å². The van der Waals surface area contributed by atoms with Crippen LogP contribution in [0, 0.1) is 17.5 Å². The van der Waals surface area contributed by atoms with Gasteiger partial charge in [0, 0.05) is 58.0 Å². The number of rotatable bonds is 12. The zero-order valence-corrected chi connectivity index (χ0v) is 25.9. The van der Waals surface area contributed by atoms with E-state index in [9.17, 15) is 32.3 Å². The van der Waals surface area contributed by atoms with E-state index in [1.165, 1.54) is 71.1 Å². The fraction of sp³-hybridized carbons (Fsp3) is 0.303. The monoisotopic (exact) mass is 637 g/mol. The molecule has 0 N–H and O–H groups in total. The molecule has 0 aliphatic rings. The Morgan fingerprint density at radius 1 is 0.935 bits per heavy atom. The number of carbonyl (C=O) groups excluding carboxylic acids is 3. The molecule has 46 heavy (non-hydrogen) atoms. The van der Waals surface area contributed by atoms with E-state index >= 15 is 0 Å². The van der Waals surface area contributed by atoms with Gasteiger partial charge in [0.25, 0.3) is 5.56 Å². The first-order valence-corrected chi connectivity index (χ1v) is 14.4. The van der Waals surface area contributed by atoms with E-state index in [4.69, 9.17) is 4.74 Å². The molecule has 10 nitrogen and oxygen atoms in total. The van der Waals surface area contributed by atoms with Gasteiger partial charge in [-0.2, -0.15) is 0 Å². The Kier molecular flexibility index (Phi) is 10.8. The number of amides is 2. The summed E-state index contributed by atoms with van der Waals surface area (Å²) in [7, 11) is 6.15. The predicted octanol–water partition coefficient (Wildman–Crippen LogP) is 4.31. The first kappa shape index (κ1) is 33.7. The maximum atomic E-state index is 14.6. The van der Waals surface area contributed by atoms with E-state index in [1.54, 1.807) is 30.8 Å². The van der Waals surface area contributed by atoms with Gasteiger partial charge in [-0.05, 0) is 49.2 Å². The quantitative estimate of drug-likeness (QED) is 0.214. The number of carbonyl (C=O) groups is 3. The molecule has 2 aromatic carbocycles. The van der Waals surface area contributed by atoms with E-state index in [0.717, 1.165) is 12.1 Å². The molecule has 0 fully saturated rings. The van der Waals surface area contributed by atoms with Crippen molar-refractivity contribution < 1.29 is 32.3 Å². The highest BCUT2D eigenvalue weighted by Gasteiger charge is 2.25. The van der Waals surface area contributed by atoms with Crippen molar-refractivity contribution in [2.75, 3.05) is 28.2 Å². The van der Waals surface area contributed by atoms with Gasteiger partial charge in [-0.3, -0.25) is 14.4 Å². The van der Waals surface area contributed by atoms with Crippen molar-refractivity contribution in [3.05, 3.63) is 112 Å². The summed E-state index contributed by atoms with van der Waals surface area (Å²) in [4.78, 5) is 58.1. The van der Waals surface area contributed by atoms with Gasteiger partial charge < -0.3 is 23.7 Å². The van der Waals surface area contributed by atoms with E-state index in [2.05, 4.69) is 4.98 Å². The lowest BCUT2D eigenvalue weighted by Crippen LogP contribution is -2.35. The van der Waals surface area contributed by atoms with Crippen LogP contribution in [-0.2, 0) is 33.8 Å². The van der Waals surface area contributed by atoms with Crippen LogP contribution >= 0.6 is 0 Å². The highest BCUT2D eigenvalue weighted by atomic mass is 19.1. The van der Waals surface area contributed by atoms with Crippen molar-refractivity contribution in [3.63, 3.8) is 0 Å². The lowest BCUT2D eigenvalue weighted by Gasteiger charge is -2.19. The SMILES string of the molecule is CN(C)C(=O)/C=C/CC[C@H](OC(=O)N(C)C)C(=O)Cc1cccn(Cc2nc3ccc(F)cc3n2Cc2ccc(F)cc2F)c1=O. The number of aromatic nitrogens is 3. The minimum Gasteiger partial charge on any atom is -0.438 e. The van der Waals surface area contributed by atoms with Gasteiger partial charge >= 0.3 is 6.09 Å². The van der Waals surface area contributed by atoms with Gasteiger partial charge in [-0.1, -0.05) is 18.2 Å². The summed E-state index contributed by atoms with van der Waals surface area (Å²) in [5.41, 5.74) is 0.519. The van der Waals surface area contributed by atoms with Crippen molar-refractivity contribution in [3.8, 4) is 0 Å². The summed E-state index contributed by atoms with van der Waals surface area (Å²) < 4.78 is 50.6. The molecule has 0 saturated heterocycles. The molecule has 4 rings (SSSR count). The topological polar surface area (TPSA) is 107 Å². The largest absolute Gasteiger partial charge is 0.438 e. The number of benzene rings is 2. The first-order chi connectivity index (χ1) is 21.8. The molecule has 0 radical (unpaired) electrons. The number of likely N-dealkylation sites (N-methyl/N-ethyl adjacent to an activating group) is 1. The number of Topliss-reactive ketones (excluding diaryl/α,β-unsaturated/α-hetero) is 1. The molecule has 0 aliphatic heterocycles. The second kappa shape index (κ2) is 14.7. The first-order valence-electron chi connectivity index (χ1n) is 14.4. The number of imidazole rings is 1. The molecular formula is C33H34F3N5O5. The molecule has 0 bridgehead atoms. The number of pyridine rings is 1. The second-order valence-electron chi connectivity index (χ2n) is 11.1. The number of allylic oxidation sites excluding steroid dienone is 1. The van der Waals surface area contributed by atoms with E-state index < -0.39 is 41.0 Å². The highest BCUT2D eigenvalue weighted by Crippen LogP contribution is 2.22. The fourth-order valence-electron chi connectivity index (χ4n) is 4.66. The standard InChI is InChI=1S/C33H34F3N5O5/c1-38(2)31(43)10-6-5-9-29(46-33(45)39(3)4)28(42)16-21-8-7-15-40(32(21)44)20-30-37-26-14-13-24(35)18-27(26)41(30)19-22-11-12-23(34)17-25(22)36/h6-8,10-15,17-18,29H,5,9,16,19-20H2,1-4H3/b10-6+/t29-/m0/s1. The summed E-state index contributed by atoms with van der Waals surface area (Å²) in [6.45, 7) is -0.217. The third-order valence-corrected chi connectivity index (χ3v) is 7.17. The van der Waals surface area contributed by atoms with Gasteiger partial charge in [0.05, 0.1) is 24.1 Å². The van der Waals surface area contributed by atoms with E-state index in [1.807, 2.05) is 0 Å². The van der Waals surface area contributed by atoms with Crippen LogP contribution < -0.4 is 5.56 Å². The van der Waals surface area contributed by atoms with Crippen LogP contribution in [0.5, 0.6) is 0 Å². The maximum Gasteiger partial charge on any atom is 0.409 e. The van der Waals surface area contributed by atoms with Crippen LogP contribution in [0.3, 0.4) is 0 Å². The summed E-state index contributed by atoms with van der Waals surface area (Å²) in [6.07, 6.45) is 2.55. The number of hydrogen-bond acceptors (Lipinski definition) is 6. The second-order valence-corrected chi connectivity index (χ2v) is 11.1. The van der Waals surface area contributed by atoms with Crippen molar-refractivity contribution in [1.29, 1.82) is 0 Å². The summed E-state index contributed by atoms with van der Waals surface area (Å²) in [6, 6.07) is 10.2. The molecule has 0 spiro atoms. The van der Waals surface area contributed by atoms with E-state index in [-0.39, 0.29) is 49.4 Å². The van der Waals surface area contributed by atoms with E-state index in [0.29, 0.717) is 16.9 Å². The Morgan fingerprint density at radius 3 is 2.35 bits per heavy atom. The van der Waals surface area contributed by atoms with Crippen LogP contribution in [-0.4, -0.2) is 76.0 Å². The number of fused-ring (bicyclic) bond motifs is 1. The number of hydrogen-bond donors (Lipinski definition) is 0. The van der Waals surface area contributed by atoms with Crippen LogP contribution in [0.15, 0.2) is 71.7 Å². The number of nitrogens with zero attached hydrogens (tertiary/aromatic N) is 5. The Labute approximate surface area is 263 Å². The minimum absolute atomic E-state index is 0.0944. The Bertz CT molecular complexity index is 1850. The van der Waals surface area contributed by atoms with Crippen LogP contribution in [0.2, 0.25) is 0 Å². The van der Waals surface area contributed by atoms with Gasteiger partial charge in [-0.15, -0.1) is 0 Å². The zero-order chi connectivity index (χ0) is 33.5. The summed E-state index contributed by atoms with van der Waals surface area (Å²) in [5, 5.41) is 0. The summed E-state index contributed by atoms with van der Waals surface area (Å²) >= 11 is 0.